The fourth-order valence-corrected chi connectivity index (χ4v) is 5.62. The van der Waals surface area contributed by atoms with Gasteiger partial charge in [-0.05, 0) is 46.9 Å². The van der Waals surface area contributed by atoms with Gasteiger partial charge in [-0.3, -0.25) is 9.59 Å². The SMILES string of the molecule is COc1ncc(C=CC(=O)N(Cc2ccc(-c3cccnn3)cc2)C(Cc2ccccc2)C(=O)N2CCc3ccccc3C2)cn1. The Bertz CT molecular complexity index is 1800. The Kier molecular flexibility index (Phi) is 9.49. The van der Waals surface area contributed by atoms with E-state index < -0.39 is 6.04 Å². The van der Waals surface area contributed by atoms with Gasteiger partial charge in [0.1, 0.15) is 6.04 Å². The number of benzene rings is 3. The molecular weight excluding hydrogens is 576 g/mol. The van der Waals surface area contributed by atoms with Crippen molar-refractivity contribution in [1.82, 2.24) is 30.0 Å². The standard InChI is InChI=1S/C37H34N6O3/c1-46-37-38-23-29(24-39-37)15-18-35(44)43(25-28-13-16-31(17-14-28)33-12-7-20-40-41-33)34(22-27-8-3-2-4-9-27)36(45)42-21-19-30-10-5-6-11-32(30)26-42/h2-18,20,23-24,34H,19,21-22,25-26H2,1H3. The molecule has 2 amide bonds. The van der Waals surface area contributed by atoms with Crippen LogP contribution in [0.15, 0.2) is 116 Å². The van der Waals surface area contributed by atoms with Crippen molar-refractivity contribution < 1.29 is 14.3 Å². The molecule has 0 N–H and O–H groups in total. The fourth-order valence-electron chi connectivity index (χ4n) is 5.62. The zero-order valence-electron chi connectivity index (χ0n) is 25.6. The quantitative estimate of drug-likeness (QED) is 0.201. The number of carbonyl (C=O) groups excluding carboxylic acids is 2. The second-order valence-corrected chi connectivity index (χ2v) is 11.1. The van der Waals surface area contributed by atoms with Gasteiger partial charge in [-0.25, -0.2) is 9.97 Å². The zero-order chi connectivity index (χ0) is 31.7. The first-order chi connectivity index (χ1) is 22.6. The highest BCUT2D eigenvalue weighted by molar-refractivity contribution is 5.95. The van der Waals surface area contributed by atoms with Crippen molar-refractivity contribution in [1.29, 1.82) is 0 Å². The predicted molar refractivity (Wildman–Crippen MR) is 175 cm³/mol. The first kappa shape index (κ1) is 30.3. The van der Waals surface area contributed by atoms with Crippen LogP contribution in [0.1, 0.15) is 27.8 Å². The highest BCUT2D eigenvalue weighted by Crippen LogP contribution is 2.24. The van der Waals surface area contributed by atoms with Gasteiger partial charge in [0.2, 0.25) is 11.8 Å². The summed E-state index contributed by atoms with van der Waals surface area (Å²) in [6.07, 6.45) is 9.10. The van der Waals surface area contributed by atoms with Gasteiger partial charge in [0, 0.05) is 61.8 Å². The van der Waals surface area contributed by atoms with E-state index >= 15 is 0 Å². The summed E-state index contributed by atoms with van der Waals surface area (Å²) < 4.78 is 5.06. The van der Waals surface area contributed by atoms with E-state index in [0.717, 1.165) is 34.4 Å². The smallest absolute Gasteiger partial charge is 0.316 e. The lowest BCUT2D eigenvalue weighted by Crippen LogP contribution is -2.52. The van der Waals surface area contributed by atoms with Crippen molar-refractivity contribution in [2.75, 3.05) is 13.7 Å². The van der Waals surface area contributed by atoms with E-state index in [0.29, 0.717) is 25.1 Å². The lowest BCUT2D eigenvalue weighted by atomic mass is 9.97. The molecule has 0 saturated heterocycles. The summed E-state index contributed by atoms with van der Waals surface area (Å²) in [6, 6.07) is 29.2. The summed E-state index contributed by atoms with van der Waals surface area (Å²) in [5.41, 5.74) is 6.57. The Balaban J connectivity index is 1.34. The van der Waals surface area contributed by atoms with E-state index in [2.05, 4.69) is 32.3 Å². The van der Waals surface area contributed by atoms with Crippen LogP contribution < -0.4 is 4.74 Å². The minimum atomic E-state index is -0.739. The molecule has 0 radical (unpaired) electrons. The normalized spacial score (nSPS) is 13.2. The summed E-state index contributed by atoms with van der Waals surface area (Å²) in [4.78, 5) is 40.5. The highest BCUT2D eigenvalue weighted by atomic mass is 16.5. The van der Waals surface area contributed by atoms with Gasteiger partial charge in [0.05, 0.1) is 12.8 Å². The van der Waals surface area contributed by atoms with Crippen LogP contribution in [0.5, 0.6) is 6.01 Å². The number of rotatable bonds is 10. The summed E-state index contributed by atoms with van der Waals surface area (Å²) in [5.74, 6) is -0.371. The topological polar surface area (TPSA) is 101 Å². The molecule has 0 aliphatic carbocycles. The number of hydrogen-bond donors (Lipinski definition) is 0. The zero-order valence-corrected chi connectivity index (χ0v) is 25.6. The van der Waals surface area contributed by atoms with Crippen LogP contribution in [-0.2, 0) is 35.5 Å². The molecule has 6 rings (SSSR count). The lowest BCUT2D eigenvalue weighted by Gasteiger charge is -2.37. The Morgan fingerprint density at radius 1 is 0.891 bits per heavy atom. The maximum absolute atomic E-state index is 14.5. The molecule has 0 spiro atoms. The summed E-state index contributed by atoms with van der Waals surface area (Å²) in [7, 11) is 1.50. The largest absolute Gasteiger partial charge is 0.467 e. The predicted octanol–water partition coefficient (Wildman–Crippen LogP) is 5.18. The van der Waals surface area contributed by atoms with Gasteiger partial charge >= 0.3 is 6.01 Å². The third-order valence-corrected chi connectivity index (χ3v) is 8.08. The van der Waals surface area contributed by atoms with Crippen LogP contribution in [0.4, 0.5) is 0 Å². The molecule has 1 aliphatic heterocycles. The molecule has 0 fully saturated rings. The second kappa shape index (κ2) is 14.4. The van der Waals surface area contributed by atoms with Crippen molar-refractivity contribution >= 4 is 17.9 Å². The average molecular weight is 611 g/mol. The first-order valence-corrected chi connectivity index (χ1v) is 15.2. The fraction of sp³-hybridized carbons (Fsp3) is 0.189. The van der Waals surface area contributed by atoms with Gasteiger partial charge in [0.25, 0.3) is 0 Å². The van der Waals surface area contributed by atoms with Gasteiger partial charge in [-0.15, -0.1) is 0 Å². The van der Waals surface area contributed by atoms with E-state index in [4.69, 9.17) is 4.74 Å². The van der Waals surface area contributed by atoms with Gasteiger partial charge in [-0.1, -0.05) is 78.9 Å². The Hall–Kier alpha value is -5.70. The molecule has 3 aromatic carbocycles. The first-order valence-electron chi connectivity index (χ1n) is 15.2. The minimum absolute atomic E-state index is 0.0796. The minimum Gasteiger partial charge on any atom is -0.467 e. The third kappa shape index (κ3) is 7.32. The molecule has 5 aromatic rings. The average Bonchev–Trinajstić information content (AvgIpc) is 3.13. The molecule has 3 heterocycles. The molecule has 0 bridgehead atoms. The Morgan fingerprint density at radius 3 is 2.35 bits per heavy atom. The highest BCUT2D eigenvalue weighted by Gasteiger charge is 2.34. The number of methoxy groups -OCH3 is 1. The number of amides is 2. The van der Waals surface area contributed by atoms with Gasteiger partial charge in [-0.2, -0.15) is 10.2 Å². The molecule has 0 saturated carbocycles. The molecule has 1 aliphatic rings. The molecule has 1 atom stereocenters. The van der Waals surface area contributed by atoms with Crippen LogP contribution in [-0.4, -0.2) is 61.5 Å². The maximum Gasteiger partial charge on any atom is 0.316 e. The van der Waals surface area contributed by atoms with Crippen LogP contribution in [0, 0.1) is 0 Å². The van der Waals surface area contributed by atoms with Crippen molar-refractivity contribution in [3.05, 3.63) is 143 Å². The number of hydrogen-bond acceptors (Lipinski definition) is 7. The van der Waals surface area contributed by atoms with E-state index in [9.17, 15) is 9.59 Å². The van der Waals surface area contributed by atoms with Crippen LogP contribution >= 0.6 is 0 Å². The van der Waals surface area contributed by atoms with Crippen LogP contribution in [0.25, 0.3) is 17.3 Å². The molecule has 2 aromatic heterocycles. The van der Waals surface area contributed by atoms with E-state index in [1.54, 1.807) is 29.6 Å². The molecule has 1 unspecified atom stereocenters. The van der Waals surface area contributed by atoms with E-state index in [-0.39, 0.29) is 24.4 Å². The van der Waals surface area contributed by atoms with Crippen LogP contribution in [0.3, 0.4) is 0 Å². The number of carbonyl (C=O) groups is 2. The molecule has 9 nitrogen and oxygen atoms in total. The van der Waals surface area contributed by atoms with Gasteiger partial charge < -0.3 is 14.5 Å². The van der Waals surface area contributed by atoms with E-state index in [1.807, 2.05) is 83.8 Å². The Morgan fingerprint density at radius 2 is 1.63 bits per heavy atom. The summed E-state index contributed by atoms with van der Waals surface area (Å²) >= 11 is 0. The number of ether oxygens (including phenoxy) is 1. The molecule has 230 valence electrons. The van der Waals surface area contributed by atoms with Crippen molar-refractivity contribution in [3.8, 4) is 17.3 Å². The third-order valence-electron chi connectivity index (χ3n) is 8.08. The maximum atomic E-state index is 14.5. The van der Waals surface area contributed by atoms with Gasteiger partial charge in [0.15, 0.2) is 0 Å². The molecule has 9 heteroatoms. The number of fused-ring (bicyclic) bond motifs is 1. The number of nitrogens with zero attached hydrogens (tertiary/aromatic N) is 6. The van der Waals surface area contributed by atoms with Crippen molar-refractivity contribution in [2.45, 2.75) is 32.0 Å². The second-order valence-electron chi connectivity index (χ2n) is 11.1. The molecule has 46 heavy (non-hydrogen) atoms. The summed E-state index contributed by atoms with van der Waals surface area (Å²) in [5, 5.41) is 8.19. The van der Waals surface area contributed by atoms with Crippen LogP contribution in [0.2, 0.25) is 0 Å². The Labute approximate surface area is 268 Å². The summed E-state index contributed by atoms with van der Waals surface area (Å²) in [6.45, 7) is 1.33. The van der Waals surface area contributed by atoms with E-state index in [1.165, 1.54) is 18.7 Å². The van der Waals surface area contributed by atoms with Crippen molar-refractivity contribution in [2.24, 2.45) is 0 Å². The number of aromatic nitrogens is 4. The van der Waals surface area contributed by atoms with Crippen molar-refractivity contribution in [3.63, 3.8) is 0 Å². The molecular formula is C37H34N6O3. The lowest BCUT2D eigenvalue weighted by molar-refractivity contribution is -0.144. The monoisotopic (exact) mass is 610 g/mol.